The van der Waals surface area contributed by atoms with Crippen LogP contribution in [0.25, 0.3) is 6.08 Å². The van der Waals surface area contributed by atoms with Crippen molar-refractivity contribution in [1.82, 2.24) is 5.32 Å². The molecule has 1 aromatic carbocycles. The fourth-order valence-corrected chi connectivity index (χ4v) is 1.76. The van der Waals surface area contributed by atoms with Crippen molar-refractivity contribution >= 4 is 18.1 Å². The van der Waals surface area contributed by atoms with Gasteiger partial charge in [0.2, 0.25) is 0 Å². The molecular weight excluding hydrogens is 298 g/mol. The van der Waals surface area contributed by atoms with Crippen LogP contribution < -0.4 is 10.1 Å². The van der Waals surface area contributed by atoms with Gasteiger partial charge in [-0.3, -0.25) is 5.32 Å². The summed E-state index contributed by atoms with van der Waals surface area (Å²) >= 11 is 0. The molecule has 1 rings (SSSR count). The molecule has 0 aromatic heterocycles. The lowest BCUT2D eigenvalue weighted by molar-refractivity contribution is -0.136. The van der Waals surface area contributed by atoms with Crippen LogP contribution >= 0.6 is 0 Å². The maximum Gasteiger partial charge on any atom is 0.412 e. The van der Waals surface area contributed by atoms with E-state index in [9.17, 15) is 9.59 Å². The summed E-state index contributed by atoms with van der Waals surface area (Å²) in [6, 6.07) is 5.38. The third-order valence-corrected chi connectivity index (χ3v) is 2.82. The fraction of sp³-hybridized carbons (Fsp3) is 0.412. The summed E-state index contributed by atoms with van der Waals surface area (Å²) in [5.74, 6) is 0.0467. The molecule has 6 heteroatoms. The van der Waals surface area contributed by atoms with E-state index in [1.54, 1.807) is 40.0 Å². The summed E-state index contributed by atoms with van der Waals surface area (Å²) in [6.07, 6.45) is 0.810. The van der Waals surface area contributed by atoms with Crippen LogP contribution in [-0.4, -0.2) is 31.9 Å². The Morgan fingerprint density at radius 3 is 2.30 bits per heavy atom. The van der Waals surface area contributed by atoms with Gasteiger partial charge in [-0.15, -0.1) is 0 Å². The molecule has 0 unspecified atom stereocenters. The van der Waals surface area contributed by atoms with Gasteiger partial charge in [-0.2, -0.15) is 0 Å². The van der Waals surface area contributed by atoms with Crippen molar-refractivity contribution in [2.75, 3.05) is 14.2 Å². The number of hydrogen-bond donors (Lipinski definition) is 1. The molecule has 0 aliphatic heterocycles. The molecule has 0 saturated carbocycles. The summed E-state index contributed by atoms with van der Waals surface area (Å²) in [7, 11) is 2.82. The highest BCUT2D eigenvalue weighted by Gasteiger charge is 2.20. The molecule has 0 spiro atoms. The third-order valence-electron chi connectivity index (χ3n) is 2.82. The maximum atomic E-state index is 11.9. The van der Waals surface area contributed by atoms with E-state index in [0.717, 1.165) is 11.1 Å². The number of benzene rings is 1. The van der Waals surface area contributed by atoms with Gasteiger partial charge in [-0.25, -0.2) is 9.59 Å². The average Bonchev–Trinajstić information content (AvgIpc) is 2.45. The number of amides is 1. The zero-order valence-electron chi connectivity index (χ0n) is 14.4. The Labute approximate surface area is 136 Å². The molecule has 0 saturated heterocycles. The van der Waals surface area contributed by atoms with Crippen molar-refractivity contribution in [2.24, 2.45) is 0 Å². The zero-order valence-corrected chi connectivity index (χ0v) is 14.4. The van der Waals surface area contributed by atoms with Gasteiger partial charge >= 0.3 is 12.1 Å². The standard InChI is InChI=1S/C17H23NO5/c1-11-9-13(21-5)8-7-12(11)10-14(15(19)22-6)18-16(20)23-17(2,3)4/h7-10H,1-6H3,(H,18,20)/b14-10-. The van der Waals surface area contributed by atoms with Crippen LogP contribution in [0, 0.1) is 6.92 Å². The average molecular weight is 321 g/mol. The first-order valence-corrected chi connectivity index (χ1v) is 7.11. The molecule has 0 heterocycles. The quantitative estimate of drug-likeness (QED) is 0.681. The summed E-state index contributed by atoms with van der Waals surface area (Å²) in [5, 5.41) is 2.42. The van der Waals surface area contributed by atoms with Crippen LogP contribution in [0.3, 0.4) is 0 Å². The highest BCUT2D eigenvalue weighted by atomic mass is 16.6. The van der Waals surface area contributed by atoms with Gasteiger partial charge in [-0.1, -0.05) is 6.07 Å². The largest absolute Gasteiger partial charge is 0.497 e. The highest BCUT2D eigenvalue weighted by Crippen LogP contribution is 2.19. The molecule has 0 atom stereocenters. The van der Waals surface area contributed by atoms with E-state index >= 15 is 0 Å². The lowest BCUT2D eigenvalue weighted by Crippen LogP contribution is -2.34. The molecule has 0 fully saturated rings. The van der Waals surface area contributed by atoms with Crippen molar-refractivity contribution in [2.45, 2.75) is 33.3 Å². The van der Waals surface area contributed by atoms with Crippen LogP contribution in [-0.2, 0) is 14.3 Å². The molecule has 6 nitrogen and oxygen atoms in total. The summed E-state index contributed by atoms with van der Waals surface area (Å²) < 4.78 is 15.0. The van der Waals surface area contributed by atoms with Gasteiger partial charge in [0.1, 0.15) is 17.0 Å². The second-order valence-corrected chi connectivity index (χ2v) is 5.90. The number of rotatable bonds is 4. The molecule has 0 radical (unpaired) electrons. The van der Waals surface area contributed by atoms with Gasteiger partial charge < -0.3 is 14.2 Å². The van der Waals surface area contributed by atoms with Crippen molar-refractivity contribution < 1.29 is 23.8 Å². The van der Waals surface area contributed by atoms with Crippen molar-refractivity contribution in [1.29, 1.82) is 0 Å². The van der Waals surface area contributed by atoms with E-state index in [-0.39, 0.29) is 5.70 Å². The Bertz CT molecular complexity index is 614. The minimum atomic E-state index is -0.722. The Balaban J connectivity index is 3.07. The number of carbonyl (C=O) groups excluding carboxylic acids is 2. The first kappa shape index (κ1) is 18.5. The van der Waals surface area contributed by atoms with Crippen LogP contribution in [0.2, 0.25) is 0 Å². The smallest absolute Gasteiger partial charge is 0.412 e. The normalized spacial score (nSPS) is 11.7. The van der Waals surface area contributed by atoms with Crippen LogP contribution in [0.15, 0.2) is 23.9 Å². The summed E-state index contributed by atoms with van der Waals surface area (Å²) in [5.41, 5.74) is 0.968. The Hall–Kier alpha value is -2.50. The molecule has 23 heavy (non-hydrogen) atoms. The number of alkyl carbamates (subject to hydrolysis) is 1. The third kappa shape index (κ3) is 6.02. The van der Waals surface area contributed by atoms with Crippen molar-refractivity contribution in [3.63, 3.8) is 0 Å². The molecule has 0 aliphatic rings. The maximum absolute atomic E-state index is 11.9. The SMILES string of the molecule is COC(=O)/C(=C/c1ccc(OC)cc1C)NC(=O)OC(C)(C)C. The van der Waals surface area contributed by atoms with Crippen molar-refractivity contribution in [3.8, 4) is 5.75 Å². The second kappa shape index (κ2) is 7.67. The Kier molecular flexibility index (Phi) is 6.18. The molecular formula is C17H23NO5. The highest BCUT2D eigenvalue weighted by molar-refractivity contribution is 5.96. The minimum Gasteiger partial charge on any atom is -0.497 e. The van der Waals surface area contributed by atoms with Gasteiger partial charge in [-0.05, 0) is 57.0 Å². The van der Waals surface area contributed by atoms with Crippen LogP contribution in [0.5, 0.6) is 5.75 Å². The number of aryl methyl sites for hydroxylation is 1. The first-order chi connectivity index (χ1) is 10.7. The second-order valence-electron chi connectivity index (χ2n) is 5.90. The number of ether oxygens (including phenoxy) is 3. The van der Waals surface area contributed by atoms with Gasteiger partial charge in [0.15, 0.2) is 0 Å². The minimum absolute atomic E-state index is 0.00461. The molecule has 0 bridgehead atoms. The monoisotopic (exact) mass is 321 g/mol. The first-order valence-electron chi connectivity index (χ1n) is 7.11. The topological polar surface area (TPSA) is 73.9 Å². The Morgan fingerprint density at radius 1 is 1.17 bits per heavy atom. The van der Waals surface area contributed by atoms with E-state index in [2.05, 4.69) is 5.32 Å². The van der Waals surface area contributed by atoms with Crippen LogP contribution in [0.4, 0.5) is 4.79 Å². The molecule has 1 N–H and O–H groups in total. The number of nitrogens with one attached hydrogen (secondary N) is 1. The van der Waals surface area contributed by atoms with Crippen LogP contribution in [0.1, 0.15) is 31.9 Å². The summed E-state index contributed by atoms with van der Waals surface area (Å²) in [6.45, 7) is 7.09. The lowest BCUT2D eigenvalue weighted by Gasteiger charge is -2.20. The lowest BCUT2D eigenvalue weighted by atomic mass is 10.1. The van der Waals surface area contributed by atoms with E-state index < -0.39 is 17.7 Å². The van der Waals surface area contributed by atoms with E-state index in [1.165, 1.54) is 13.2 Å². The molecule has 1 aromatic rings. The zero-order chi connectivity index (χ0) is 17.6. The Morgan fingerprint density at radius 2 is 1.83 bits per heavy atom. The van der Waals surface area contributed by atoms with Gasteiger partial charge in [0, 0.05) is 0 Å². The van der Waals surface area contributed by atoms with Gasteiger partial charge in [0.25, 0.3) is 0 Å². The summed E-state index contributed by atoms with van der Waals surface area (Å²) in [4.78, 5) is 23.7. The van der Waals surface area contributed by atoms with Gasteiger partial charge in [0.05, 0.1) is 14.2 Å². The van der Waals surface area contributed by atoms with E-state index in [0.29, 0.717) is 5.75 Å². The van der Waals surface area contributed by atoms with E-state index in [1.807, 2.05) is 13.0 Å². The predicted octanol–water partition coefficient (Wildman–Crippen LogP) is 3.04. The number of esters is 1. The van der Waals surface area contributed by atoms with E-state index in [4.69, 9.17) is 14.2 Å². The number of methoxy groups -OCH3 is 2. The fourth-order valence-electron chi connectivity index (χ4n) is 1.76. The number of hydrogen-bond acceptors (Lipinski definition) is 5. The predicted molar refractivity (Wildman–Crippen MR) is 87.1 cm³/mol. The van der Waals surface area contributed by atoms with Crippen molar-refractivity contribution in [3.05, 3.63) is 35.0 Å². The molecule has 0 aliphatic carbocycles. The molecule has 126 valence electrons. The molecule has 1 amide bonds. The number of carbonyl (C=O) groups is 2.